The number of carbonyl (C=O) groups excluding carboxylic acids is 1. The molecular weight excluding hydrogens is 292 g/mol. The molecular formula is C17H26N4O2. The number of ether oxygens (including phenoxy) is 1. The Kier molecular flexibility index (Phi) is 5.13. The molecule has 2 aliphatic rings. The first-order valence-corrected chi connectivity index (χ1v) is 8.48. The Bertz CT molecular complexity index is 558. The Labute approximate surface area is 137 Å². The molecule has 3 rings (SSSR count). The maximum Gasteiger partial charge on any atom is 0.227 e. The molecule has 0 bridgehead atoms. The molecule has 0 spiro atoms. The van der Waals surface area contributed by atoms with Crippen molar-refractivity contribution in [3.05, 3.63) is 17.8 Å². The molecule has 23 heavy (non-hydrogen) atoms. The summed E-state index contributed by atoms with van der Waals surface area (Å²) >= 11 is 0. The Hall–Kier alpha value is -1.66. The summed E-state index contributed by atoms with van der Waals surface area (Å²) in [7, 11) is 0. The number of carbonyl (C=O) groups is 1. The minimum Gasteiger partial charge on any atom is -0.378 e. The van der Waals surface area contributed by atoms with Gasteiger partial charge >= 0.3 is 0 Å². The number of aryl methyl sites for hydroxylation is 1. The van der Waals surface area contributed by atoms with E-state index in [-0.39, 0.29) is 11.8 Å². The molecule has 0 saturated carbocycles. The average molecular weight is 318 g/mol. The van der Waals surface area contributed by atoms with Crippen LogP contribution in [-0.2, 0) is 9.53 Å². The van der Waals surface area contributed by atoms with Crippen molar-refractivity contribution in [2.24, 2.45) is 5.92 Å². The van der Waals surface area contributed by atoms with Crippen LogP contribution in [0.5, 0.6) is 0 Å². The Morgan fingerprint density at radius 1 is 1.39 bits per heavy atom. The smallest absolute Gasteiger partial charge is 0.227 e. The fourth-order valence-electron chi connectivity index (χ4n) is 3.25. The van der Waals surface area contributed by atoms with Gasteiger partial charge in [0.25, 0.3) is 0 Å². The number of piperidine rings is 1. The summed E-state index contributed by atoms with van der Waals surface area (Å²) in [6, 6.07) is 4.36. The van der Waals surface area contributed by atoms with Gasteiger partial charge in [0.1, 0.15) is 5.82 Å². The van der Waals surface area contributed by atoms with Crippen molar-refractivity contribution in [2.45, 2.75) is 32.7 Å². The summed E-state index contributed by atoms with van der Waals surface area (Å²) in [5, 5.41) is 6.44. The summed E-state index contributed by atoms with van der Waals surface area (Å²) < 4.78 is 5.37. The fourth-order valence-corrected chi connectivity index (χ4v) is 3.25. The highest BCUT2D eigenvalue weighted by Crippen LogP contribution is 2.22. The molecule has 2 aliphatic heterocycles. The van der Waals surface area contributed by atoms with Gasteiger partial charge in [-0.15, -0.1) is 0 Å². The largest absolute Gasteiger partial charge is 0.378 e. The highest BCUT2D eigenvalue weighted by atomic mass is 16.5. The second-order valence-corrected chi connectivity index (χ2v) is 6.47. The van der Waals surface area contributed by atoms with Crippen LogP contribution in [-0.4, -0.2) is 49.8 Å². The second-order valence-electron chi connectivity index (χ2n) is 6.47. The molecule has 0 unspecified atom stereocenters. The molecule has 3 heterocycles. The van der Waals surface area contributed by atoms with Gasteiger partial charge in [-0.3, -0.25) is 4.79 Å². The number of morpholine rings is 1. The Balaban J connectivity index is 1.64. The monoisotopic (exact) mass is 318 g/mol. The first-order chi connectivity index (χ1) is 11.1. The van der Waals surface area contributed by atoms with Gasteiger partial charge < -0.3 is 20.3 Å². The second kappa shape index (κ2) is 7.27. The number of amides is 1. The summed E-state index contributed by atoms with van der Waals surface area (Å²) in [5.74, 6) is 1.16. The van der Waals surface area contributed by atoms with Crippen LogP contribution in [0.4, 0.5) is 11.5 Å². The topological polar surface area (TPSA) is 66.5 Å². The van der Waals surface area contributed by atoms with Crippen LogP contribution < -0.4 is 15.5 Å². The summed E-state index contributed by atoms with van der Waals surface area (Å²) in [6.07, 6.45) is 1.79. The molecule has 1 aromatic rings. The van der Waals surface area contributed by atoms with Crippen molar-refractivity contribution >= 4 is 17.4 Å². The van der Waals surface area contributed by atoms with E-state index in [1.165, 1.54) is 0 Å². The van der Waals surface area contributed by atoms with Crippen LogP contribution in [0.3, 0.4) is 0 Å². The van der Waals surface area contributed by atoms with E-state index in [1.54, 1.807) is 0 Å². The summed E-state index contributed by atoms with van der Waals surface area (Å²) in [6.45, 7) is 8.21. The lowest BCUT2D eigenvalue weighted by Gasteiger charge is -2.29. The van der Waals surface area contributed by atoms with Gasteiger partial charge in [-0.05, 0) is 45.4 Å². The zero-order valence-corrected chi connectivity index (χ0v) is 14.0. The number of rotatable bonds is 3. The van der Waals surface area contributed by atoms with E-state index >= 15 is 0 Å². The Morgan fingerprint density at radius 3 is 2.87 bits per heavy atom. The zero-order chi connectivity index (χ0) is 16.2. The van der Waals surface area contributed by atoms with E-state index in [4.69, 9.17) is 4.74 Å². The average Bonchev–Trinajstić information content (AvgIpc) is 2.57. The van der Waals surface area contributed by atoms with E-state index in [2.05, 4.69) is 27.4 Å². The molecule has 6 nitrogen and oxygen atoms in total. The van der Waals surface area contributed by atoms with Gasteiger partial charge in [-0.25, -0.2) is 4.98 Å². The van der Waals surface area contributed by atoms with E-state index < -0.39 is 0 Å². The zero-order valence-electron chi connectivity index (χ0n) is 14.0. The molecule has 0 aliphatic carbocycles. The van der Waals surface area contributed by atoms with Gasteiger partial charge in [0, 0.05) is 25.0 Å². The van der Waals surface area contributed by atoms with Crippen molar-refractivity contribution in [1.82, 2.24) is 10.3 Å². The minimum absolute atomic E-state index is 0.0876. The molecule has 0 aromatic carbocycles. The van der Waals surface area contributed by atoms with Crippen molar-refractivity contribution in [2.75, 3.05) is 43.1 Å². The fraction of sp³-hybridized carbons (Fsp3) is 0.647. The predicted molar refractivity (Wildman–Crippen MR) is 90.8 cm³/mol. The van der Waals surface area contributed by atoms with E-state index in [0.717, 1.165) is 62.9 Å². The third kappa shape index (κ3) is 4.00. The highest BCUT2D eigenvalue weighted by molar-refractivity contribution is 5.93. The van der Waals surface area contributed by atoms with Gasteiger partial charge in [0.05, 0.1) is 24.6 Å². The standard InChI is InChI=1S/C17H26N4O2/c1-12-11-14(5-6-18-12)17(22)20-15-3-4-16(19-13(15)2)21-7-9-23-10-8-21/h3-4,12,14,18H,5-11H2,1-2H3,(H,20,22)/t12-,14-/m0/s1. The first kappa shape index (κ1) is 16.2. The van der Waals surface area contributed by atoms with Gasteiger partial charge in [0.2, 0.25) is 5.91 Å². The summed E-state index contributed by atoms with van der Waals surface area (Å²) in [5.41, 5.74) is 1.68. The van der Waals surface area contributed by atoms with Crippen LogP contribution in [0.15, 0.2) is 12.1 Å². The molecule has 2 fully saturated rings. The number of nitrogens with zero attached hydrogens (tertiary/aromatic N) is 2. The number of hydrogen-bond donors (Lipinski definition) is 2. The maximum atomic E-state index is 12.5. The normalized spacial score (nSPS) is 25.2. The number of pyridine rings is 1. The van der Waals surface area contributed by atoms with Crippen molar-refractivity contribution < 1.29 is 9.53 Å². The van der Waals surface area contributed by atoms with Crippen molar-refractivity contribution in [1.29, 1.82) is 0 Å². The van der Waals surface area contributed by atoms with E-state index in [1.807, 2.05) is 19.1 Å². The molecule has 2 N–H and O–H groups in total. The quantitative estimate of drug-likeness (QED) is 0.885. The van der Waals surface area contributed by atoms with Gasteiger partial charge in [0.15, 0.2) is 0 Å². The number of nitrogens with one attached hydrogen (secondary N) is 2. The molecule has 1 aromatic heterocycles. The first-order valence-electron chi connectivity index (χ1n) is 8.48. The van der Waals surface area contributed by atoms with Crippen LogP contribution in [0.25, 0.3) is 0 Å². The van der Waals surface area contributed by atoms with Crippen LogP contribution in [0.1, 0.15) is 25.5 Å². The lowest BCUT2D eigenvalue weighted by Crippen LogP contribution is -2.40. The molecule has 2 saturated heterocycles. The predicted octanol–water partition coefficient (Wildman–Crippen LogP) is 1.55. The SMILES string of the molecule is Cc1nc(N2CCOCC2)ccc1NC(=O)[C@H]1CCN[C@@H](C)C1. The highest BCUT2D eigenvalue weighted by Gasteiger charge is 2.25. The molecule has 126 valence electrons. The van der Waals surface area contributed by atoms with E-state index in [9.17, 15) is 4.79 Å². The lowest BCUT2D eigenvalue weighted by molar-refractivity contribution is -0.120. The van der Waals surface area contributed by atoms with E-state index in [0.29, 0.717) is 6.04 Å². The maximum absolute atomic E-state index is 12.5. The molecule has 0 radical (unpaired) electrons. The van der Waals surface area contributed by atoms with Crippen molar-refractivity contribution in [3.8, 4) is 0 Å². The lowest BCUT2D eigenvalue weighted by atomic mass is 9.92. The number of anilines is 2. The molecule has 6 heteroatoms. The third-order valence-corrected chi connectivity index (χ3v) is 4.66. The number of aromatic nitrogens is 1. The summed E-state index contributed by atoms with van der Waals surface area (Å²) in [4.78, 5) is 19.3. The third-order valence-electron chi connectivity index (χ3n) is 4.66. The Morgan fingerprint density at radius 2 is 2.17 bits per heavy atom. The van der Waals surface area contributed by atoms with Crippen LogP contribution >= 0.6 is 0 Å². The molecule has 1 amide bonds. The van der Waals surface area contributed by atoms with Crippen LogP contribution in [0.2, 0.25) is 0 Å². The number of hydrogen-bond acceptors (Lipinski definition) is 5. The van der Waals surface area contributed by atoms with Gasteiger partial charge in [-0.2, -0.15) is 0 Å². The molecule has 2 atom stereocenters. The van der Waals surface area contributed by atoms with Crippen molar-refractivity contribution in [3.63, 3.8) is 0 Å². The minimum atomic E-state index is 0.0876. The van der Waals surface area contributed by atoms with Gasteiger partial charge in [-0.1, -0.05) is 0 Å². The van der Waals surface area contributed by atoms with Crippen LogP contribution in [0, 0.1) is 12.8 Å².